The molecule has 1 atom stereocenters. The summed E-state index contributed by atoms with van der Waals surface area (Å²) in [7, 11) is 0. The maximum absolute atomic E-state index is 5.45. The third-order valence-corrected chi connectivity index (χ3v) is 10.7. The van der Waals surface area contributed by atoms with Crippen LogP contribution in [0.5, 0.6) is 0 Å². The predicted molar refractivity (Wildman–Crippen MR) is 213 cm³/mol. The van der Waals surface area contributed by atoms with E-state index in [1.807, 2.05) is 0 Å². The van der Waals surface area contributed by atoms with Gasteiger partial charge in [-0.1, -0.05) is 97.1 Å². The molecule has 0 saturated heterocycles. The standard InChI is InChI=1S/C47H32N4/c1-4-14-34(15-5-1)49-42-22-12-10-20-37(42)39-26-31(24-25-44(39)49)47-48-41-28-32-27-40-38-21-11-13-23-43(38)50(35-16-6-2-7-17-35)45(40)29-33(32)30-46(41)51(47)36-18-8-3-9-19-36/h1-18,20-30,36H,19H2. The fraction of sp³-hybridized carbons (Fsp3) is 0.0426. The molecule has 7 aromatic carbocycles. The van der Waals surface area contributed by atoms with Crippen molar-refractivity contribution in [3.05, 3.63) is 176 Å². The van der Waals surface area contributed by atoms with Crippen LogP contribution in [0.1, 0.15) is 12.5 Å². The van der Waals surface area contributed by atoms with E-state index in [-0.39, 0.29) is 6.04 Å². The Labute approximate surface area is 294 Å². The van der Waals surface area contributed by atoms with E-state index in [0.717, 1.165) is 34.5 Å². The van der Waals surface area contributed by atoms with Gasteiger partial charge in [0.05, 0.1) is 39.1 Å². The number of nitrogens with zero attached hydrogens (tertiary/aromatic N) is 4. The van der Waals surface area contributed by atoms with Crippen LogP contribution in [0.25, 0.3) is 88.2 Å². The minimum absolute atomic E-state index is 0.160. The van der Waals surface area contributed by atoms with Gasteiger partial charge in [-0.2, -0.15) is 0 Å². The van der Waals surface area contributed by atoms with Crippen molar-refractivity contribution in [3.63, 3.8) is 0 Å². The predicted octanol–water partition coefficient (Wildman–Crippen LogP) is 12.1. The quantitative estimate of drug-likeness (QED) is 0.186. The molecule has 0 N–H and O–H groups in total. The highest BCUT2D eigenvalue weighted by atomic mass is 15.1. The van der Waals surface area contributed by atoms with Gasteiger partial charge in [0.2, 0.25) is 0 Å². The summed E-state index contributed by atoms with van der Waals surface area (Å²) < 4.78 is 7.23. The Morgan fingerprint density at radius 1 is 0.471 bits per heavy atom. The first kappa shape index (κ1) is 28.2. The monoisotopic (exact) mass is 652 g/mol. The molecule has 1 aliphatic rings. The Morgan fingerprint density at radius 2 is 1.06 bits per heavy atom. The summed E-state index contributed by atoms with van der Waals surface area (Å²) >= 11 is 0. The average molecular weight is 653 g/mol. The number of hydrogen-bond acceptors (Lipinski definition) is 1. The number of aromatic nitrogens is 4. The lowest BCUT2D eigenvalue weighted by molar-refractivity contribution is 0.631. The molecule has 0 aliphatic heterocycles. The van der Waals surface area contributed by atoms with Crippen LogP contribution in [0.2, 0.25) is 0 Å². The largest absolute Gasteiger partial charge is 0.317 e. The summed E-state index contributed by atoms with van der Waals surface area (Å²) in [6, 6.07) is 55.2. The van der Waals surface area contributed by atoms with Gasteiger partial charge in [-0.25, -0.2) is 4.98 Å². The summed E-state index contributed by atoms with van der Waals surface area (Å²) in [6.07, 6.45) is 9.81. The number of allylic oxidation sites excluding steroid dienone is 4. The molecule has 0 fully saturated rings. The molecule has 0 bridgehead atoms. The first-order chi connectivity index (χ1) is 25.3. The van der Waals surface area contributed by atoms with Crippen molar-refractivity contribution in [3.8, 4) is 22.8 Å². The zero-order valence-corrected chi connectivity index (χ0v) is 27.8. The summed E-state index contributed by atoms with van der Waals surface area (Å²) in [5, 5.41) is 7.38. The van der Waals surface area contributed by atoms with Gasteiger partial charge in [0.15, 0.2) is 0 Å². The first-order valence-electron chi connectivity index (χ1n) is 17.7. The second-order valence-corrected chi connectivity index (χ2v) is 13.6. The third kappa shape index (κ3) is 4.23. The van der Waals surface area contributed by atoms with E-state index in [1.54, 1.807) is 0 Å². The van der Waals surface area contributed by atoms with E-state index in [1.165, 1.54) is 60.1 Å². The summed E-state index contributed by atoms with van der Waals surface area (Å²) in [6.45, 7) is 0. The molecule has 3 aromatic heterocycles. The molecular formula is C47H32N4. The molecular weight excluding hydrogens is 621 g/mol. The van der Waals surface area contributed by atoms with Crippen LogP contribution in [-0.4, -0.2) is 18.7 Å². The van der Waals surface area contributed by atoms with Gasteiger partial charge in [-0.3, -0.25) is 0 Å². The van der Waals surface area contributed by atoms with Crippen LogP contribution < -0.4 is 0 Å². The summed E-state index contributed by atoms with van der Waals surface area (Å²) in [4.78, 5) is 5.45. The maximum Gasteiger partial charge on any atom is 0.141 e. The van der Waals surface area contributed by atoms with Gasteiger partial charge >= 0.3 is 0 Å². The molecule has 0 radical (unpaired) electrons. The zero-order chi connectivity index (χ0) is 33.5. The van der Waals surface area contributed by atoms with Crippen molar-refractivity contribution in [2.75, 3.05) is 0 Å². The van der Waals surface area contributed by atoms with Crippen LogP contribution in [0.4, 0.5) is 0 Å². The smallest absolute Gasteiger partial charge is 0.141 e. The van der Waals surface area contributed by atoms with Crippen LogP contribution in [-0.2, 0) is 0 Å². The minimum Gasteiger partial charge on any atom is -0.317 e. The fourth-order valence-electron chi connectivity index (χ4n) is 8.43. The van der Waals surface area contributed by atoms with Crippen molar-refractivity contribution in [2.24, 2.45) is 0 Å². The van der Waals surface area contributed by atoms with E-state index in [2.05, 4.69) is 190 Å². The number of rotatable bonds is 4. The van der Waals surface area contributed by atoms with Crippen LogP contribution in [0, 0.1) is 0 Å². The topological polar surface area (TPSA) is 27.7 Å². The Morgan fingerprint density at radius 3 is 1.75 bits per heavy atom. The van der Waals surface area contributed by atoms with Crippen molar-refractivity contribution in [2.45, 2.75) is 12.5 Å². The molecule has 51 heavy (non-hydrogen) atoms. The molecule has 240 valence electrons. The SMILES string of the molecule is C1=CCC(n2c(-c3ccc4c(c3)c3ccccc3n4-c3ccccc3)nc3cc4cc5c6ccccc6n(-c6ccccc6)c5cc4cc32)C=C1. The highest BCUT2D eigenvalue weighted by molar-refractivity contribution is 6.15. The molecule has 4 nitrogen and oxygen atoms in total. The van der Waals surface area contributed by atoms with Crippen molar-refractivity contribution >= 4 is 65.4 Å². The number of para-hydroxylation sites is 4. The van der Waals surface area contributed by atoms with E-state index in [9.17, 15) is 0 Å². The van der Waals surface area contributed by atoms with E-state index < -0.39 is 0 Å². The van der Waals surface area contributed by atoms with Gasteiger partial charge in [-0.15, -0.1) is 0 Å². The molecule has 0 spiro atoms. The second-order valence-electron chi connectivity index (χ2n) is 13.6. The summed E-state index contributed by atoms with van der Waals surface area (Å²) in [5.41, 5.74) is 10.4. The number of hydrogen-bond donors (Lipinski definition) is 0. The van der Waals surface area contributed by atoms with Crippen molar-refractivity contribution in [1.29, 1.82) is 0 Å². The maximum atomic E-state index is 5.45. The highest BCUT2D eigenvalue weighted by Gasteiger charge is 2.22. The van der Waals surface area contributed by atoms with Crippen molar-refractivity contribution in [1.82, 2.24) is 18.7 Å². The normalized spacial score (nSPS) is 14.6. The summed E-state index contributed by atoms with van der Waals surface area (Å²) in [5.74, 6) is 0.993. The molecule has 1 unspecified atom stereocenters. The van der Waals surface area contributed by atoms with E-state index in [0.29, 0.717) is 0 Å². The molecule has 3 heterocycles. The van der Waals surface area contributed by atoms with Gasteiger partial charge in [-0.05, 0) is 96.1 Å². The molecule has 0 amide bonds. The van der Waals surface area contributed by atoms with Crippen LogP contribution >= 0.6 is 0 Å². The number of fused-ring (bicyclic) bond motifs is 8. The van der Waals surface area contributed by atoms with E-state index >= 15 is 0 Å². The molecule has 11 rings (SSSR count). The van der Waals surface area contributed by atoms with Crippen LogP contribution in [0.3, 0.4) is 0 Å². The van der Waals surface area contributed by atoms with Crippen LogP contribution in [0.15, 0.2) is 176 Å². The Balaban J connectivity index is 1.17. The zero-order valence-electron chi connectivity index (χ0n) is 27.8. The highest BCUT2D eigenvalue weighted by Crippen LogP contribution is 2.40. The Bertz CT molecular complexity index is 3050. The number of imidazole rings is 1. The van der Waals surface area contributed by atoms with Gasteiger partial charge in [0.1, 0.15) is 5.82 Å². The number of benzene rings is 7. The van der Waals surface area contributed by atoms with Crippen molar-refractivity contribution < 1.29 is 0 Å². The molecule has 10 aromatic rings. The molecule has 0 saturated carbocycles. The van der Waals surface area contributed by atoms with Gasteiger partial charge in [0.25, 0.3) is 0 Å². The Hall–Kier alpha value is -6.65. The molecule has 4 heteroatoms. The average Bonchev–Trinajstić information content (AvgIpc) is 3.84. The lowest BCUT2D eigenvalue weighted by Crippen LogP contribution is -2.09. The lowest BCUT2D eigenvalue weighted by atomic mass is 10.0. The lowest BCUT2D eigenvalue weighted by Gasteiger charge is -2.19. The Kier molecular flexibility index (Phi) is 6.05. The third-order valence-electron chi connectivity index (χ3n) is 10.7. The van der Waals surface area contributed by atoms with Gasteiger partial charge in [0, 0.05) is 38.5 Å². The second kappa shape index (κ2) is 10.9. The molecule has 1 aliphatic carbocycles. The fourth-order valence-corrected chi connectivity index (χ4v) is 8.43. The first-order valence-corrected chi connectivity index (χ1v) is 17.7. The van der Waals surface area contributed by atoms with Gasteiger partial charge < -0.3 is 13.7 Å². The van der Waals surface area contributed by atoms with E-state index in [4.69, 9.17) is 4.98 Å². The minimum atomic E-state index is 0.160.